The zero-order valence-corrected chi connectivity index (χ0v) is 13.4. The molecule has 0 amide bonds. The summed E-state index contributed by atoms with van der Waals surface area (Å²) in [5.74, 6) is 4.32. The summed E-state index contributed by atoms with van der Waals surface area (Å²) in [7, 11) is 1.73. The van der Waals surface area contributed by atoms with E-state index in [0.29, 0.717) is 0 Å². The van der Waals surface area contributed by atoms with Crippen molar-refractivity contribution in [2.24, 2.45) is 17.8 Å². The molecule has 0 aliphatic heterocycles. The molecule has 1 nitrogen and oxygen atoms in total. The van der Waals surface area contributed by atoms with Gasteiger partial charge in [0.05, 0.1) is 7.11 Å². The highest BCUT2D eigenvalue weighted by atomic mass is 16.5. The Hall–Kier alpha value is -1.24. The third kappa shape index (κ3) is 3.51. The fraction of sp³-hybridized carbons (Fsp3) is 0.600. The first-order valence-electron chi connectivity index (χ1n) is 8.58. The maximum absolute atomic E-state index is 5.25. The van der Waals surface area contributed by atoms with Crippen molar-refractivity contribution in [2.45, 2.75) is 51.4 Å². The Morgan fingerprint density at radius 3 is 2.14 bits per heavy atom. The van der Waals surface area contributed by atoms with Crippen LogP contribution in [-0.2, 0) is 0 Å². The van der Waals surface area contributed by atoms with Crippen LogP contribution in [0.3, 0.4) is 0 Å². The molecule has 3 rings (SSSR count). The second-order valence-corrected chi connectivity index (χ2v) is 6.99. The van der Waals surface area contributed by atoms with Crippen LogP contribution >= 0.6 is 0 Å². The van der Waals surface area contributed by atoms with E-state index in [2.05, 4.69) is 43.3 Å². The van der Waals surface area contributed by atoms with Crippen molar-refractivity contribution in [1.29, 1.82) is 0 Å². The molecule has 2 aliphatic rings. The van der Waals surface area contributed by atoms with E-state index in [1.807, 2.05) is 0 Å². The Morgan fingerprint density at radius 1 is 0.857 bits per heavy atom. The Labute approximate surface area is 129 Å². The van der Waals surface area contributed by atoms with Crippen molar-refractivity contribution in [3.8, 4) is 5.75 Å². The minimum Gasteiger partial charge on any atom is -0.497 e. The third-order valence-electron chi connectivity index (χ3n) is 5.61. The molecule has 0 bridgehead atoms. The van der Waals surface area contributed by atoms with Crippen LogP contribution < -0.4 is 4.74 Å². The van der Waals surface area contributed by atoms with Gasteiger partial charge in [-0.3, -0.25) is 0 Å². The fourth-order valence-corrected chi connectivity index (χ4v) is 4.13. The first kappa shape index (κ1) is 14.7. The van der Waals surface area contributed by atoms with Gasteiger partial charge in [-0.1, -0.05) is 31.2 Å². The van der Waals surface area contributed by atoms with Gasteiger partial charge in [-0.15, -0.1) is 0 Å². The second kappa shape index (κ2) is 6.68. The molecule has 0 aromatic heterocycles. The van der Waals surface area contributed by atoms with Crippen LogP contribution in [-0.4, -0.2) is 7.11 Å². The zero-order valence-electron chi connectivity index (χ0n) is 13.4. The molecule has 21 heavy (non-hydrogen) atoms. The van der Waals surface area contributed by atoms with Gasteiger partial charge in [0.15, 0.2) is 0 Å². The Balaban J connectivity index is 1.56. The monoisotopic (exact) mass is 284 g/mol. The number of ether oxygens (including phenoxy) is 1. The van der Waals surface area contributed by atoms with Gasteiger partial charge in [0.1, 0.15) is 5.75 Å². The second-order valence-electron chi connectivity index (χ2n) is 6.99. The lowest BCUT2D eigenvalue weighted by atomic mass is 9.71. The summed E-state index contributed by atoms with van der Waals surface area (Å²) in [6.45, 7) is 2.34. The average Bonchev–Trinajstić information content (AvgIpc) is 2.56. The largest absolute Gasteiger partial charge is 0.497 e. The van der Waals surface area contributed by atoms with Gasteiger partial charge < -0.3 is 4.74 Å². The number of allylic oxidation sites excluding steroid dienone is 2. The molecule has 114 valence electrons. The van der Waals surface area contributed by atoms with E-state index in [1.54, 1.807) is 7.11 Å². The predicted molar refractivity (Wildman–Crippen MR) is 88.7 cm³/mol. The molecule has 1 aromatic carbocycles. The Bertz CT molecular complexity index is 465. The van der Waals surface area contributed by atoms with Gasteiger partial charge >= 0.3 is 0 Å². The van der Waals surface area contributed by atoms with Crippen molar-refractivity contribution in [3.63, 3.8) is 0 Å². The third-order valence-corrected chi connectivity index (χ3v) is 5.61. The molecule has 2 aliphatic carbocycles. The molecule has 2 atom stereocenters. The summed E-state index contributed by atoms with van der Waals surface area (Å²) >= 11 is 0. The first-order chi connectivity index (χ1) is 10.3. The maximum Gasteiger partial charge on any atom is 0.118 e. The molecule has 0 saturated heterocycles. The lowest BCUT2D eigenvalue weighted by molar-refractivity contribution is 0.242. The van der Waals surface area contributed by atoms with Crippen LogP contribution in [0, 0.1) is 17.8 Å². The van der Waals surface area contributed by atoms with E-state index in [0.717, 1.165) is 29.4 Å². The SMILES string of the molecule is COc1ccc(C2CCC(C3C=CC(C)CC3)CC2)cc1. The highest BCUT2D eigenvalue weighted by Gasteiger charge is 2.28. The van der Waals surface area contributed by atoms with Gasteiger partial charge in [0.25, 0.3) is 0 Å². The van der Waals surface area contributed by atoms with E-state index in [9.17, 15) is 0 Å². The van der Waals surface area contributed by atoms with Crippen LogP contribution in [0.2, 0.25) is 0 Å². The highest BCUT2D eigenvalue weighted by molar-refractivity contribution is 5.29. The molecule has 2 unspecified atom stereocenters. The summed E-state index contributed by atoms with van der Waals surface area (Å²) in [5.41, 5.74) is 1.50. The lowest BCUT2D eigenvalue weighted by Crippen LogP contribution is -2.22. The fourth-order valence-electron chi connectivity index (χ4n) is 4.13. The van der Waals surface area contributed by atoms with Crippen molar-refractivity contribution in [2.75, 3.05) is 7.11 Å². The molecule has 0 radical (unpaired) electrons. The summed E-state index contributed by atoms with van der Waals surface area (Å²) in [6, 6.07) is 8.72. The Morgan fingerprint density at radius 2 is 1.57 bits per heavy atom. The van der Waals surface area contributed by atoms with E-state index in [4.69, 9.17) is 4.74 Å². The minimum atomic E-state index is 0.763. The number of hydrogen-bond donors (Lipinski definition) is 0. The predicted octanol–water partition coefficient (Wildman–Crippen LogP) is 5.57. The topological polar surface area (TPSA) is 9.23 Å². The van der Waals surface area contributed by atoms with Crippen LogP contribution in [0.1, 0.15) is 56.9 Å². The van der Waals surface area contributed by atoms with Crippen LogP contribution in [0.5, 0.6) is 5.75 Å². The molecular weight excluding hydrogens is 256 g/mol. The van der Waals surface area contributed by atoms with Gasteiger partial charge in [0.2, 0.25) is 0 Å². The van der Waals surface area contributed by atoms with Crippen molar-refractivity contribution >= 4 is 0 Å². The van der Waals surface area contributed by atoms with Gasteiger partial charge in [-0.05, 0) is 79.9 Å². The standard InChI is InChI=1S/C20H28O/c1-15-3-5-16(6-4-15)17-7-9-18(10-8-17)19-11-13-20(21-2)14-12-19/h3,5,11-18H,4,6-10H2,1-2H3. The summed E-state index contributed by atoms with van der Waals surface area (Å²) in [5, 5.41) is 0. The molecule has 1 heteroatoms. The minimum absolute atomic E-state index is 0.763. The van der Waals surface area contributed by atoms with Crippen molar-refractivity contribution in [3.05, 3.63) is 42.0 Å². The van der Waals surface area contributed by atoms with E-state index >= 15 is 0 Å². The lowest BCUT2D eigenvalue weighted by Gasteiger charge is -2.34. The van der Waals surface area contributed by atoms with Crippen molar-refractivity contribution < 1.29 is 4.74 Å². The Kier molecular flexibility index (Phi) is 4.67. The van der Waals surface area contributed by atoms with Gasteiger partial charge in [-0.25, -0.2) is 0 Å². The van der Waals surface area contributed by atoms with Gasteiger partial charge in [0, 0.05) is 0 Å². The number of methoxy groups -OCH3 is 1. The summed E-state index contributed by atoms with van der Waals surface area (Å²) in [6.07, 6.45) is 13.3. The molecular formula is C20H28O. The molecule has 0 N–H and O–H groups in total. The zero-order chi connectivity index (χ0) is 14.7. The summed E-state index contributed by atoms with van der Waals surface area (Å²) < 4.78 is 5.25. The average molecular weight is 284 g/mol. The van der Waals surface area contributed by atoms with Gasteiger partial charge in [-0.2, -0.15) is 0 Å². The quantitative estimate of drug-likeness (QED) is 0.659. The smallest absolute Gasteiger partial charge is 0.118 e. The molecule has 0 heterocycles. The highest BCUT2D eigenvalue weighted by Crippen LogP contribution is 2.42. The summed E-state index contributed by atoms with van der Waals surface area (Å²) in [4.78, 5) is 0. The van der Waals surface area contributed by atoms with E-state index < -0.39 is 0 Å². The van der Waals surface area contributed by atoms with Crippen LogP contribution in [0.15, 0.2) is 36.4 Å². The van der Waals surface area contributed by atoms with E-state index in [1.165, 1.54) is 44.1 Å². The molecule has 0 spiro atoms. The first-order valence-corrected chi connectivity index (χ1v) is 8.58. The van der Waals surface area contributed by atoms with E-state index in [-0.39, 0.29) is 0 Å². The normalized spacial score (nSPS) is 32.9. The van der Waals surface area contributed by atoms with Crippen LogP contribution in [0.4, 0.5) is 0 Å². The molecule has 1 saturated carbocycles. The number of hydrogen-bond acceptors (Lipinski definition) is 1. The number of rotatable bonds is 3. The van der Waals surface area contributed by atoms with Crippen LogP contribution in [0.25, 0.3) is 0 Å². The number of benzene rings is 1. The maximum atomic E-state index is 5.25. The molecule has 1 aromatic rings. The van der Waals surface area contributed by atoms with Crippen molar-refractivity contribution in [1.82, 2.24) is 0 Å². The molecule has 1 fully saturated rings.